The Kier molecular flexibility index (Phi) is 6.56. The van der Waals surface area contributed by atoms with Gasteiger partial charge in [-0.2, -0.15) is 0 Å². The van der Waals surface area contributed by atoms with Gasteiger partial charge in [0.05, 0.1) is 0 Å². The molecule has 0 aromatic heterocycles. The summed E-state index contributed by atoms with van der Waals surface area (Å²) in [5.41, 5.74) is 10.7. The smallest absolute Gasteiger partial charge is 0.159 e. The Labute approximate surface area is 210 Å². The summed E-state index contributed by atoms with van der Waals surface area (Å²) in [5, 5.41) is 0. The maximum absolute atomic E-state index is 11.8. The van der Waals surface area contributed by atoms with Gasteiger partial charge in [0.1, 0.15) is 0 Å². The second kappa shape index (κ2) is 9.30. The highest BCUT2D eigenvalue weighted by atomic mass is 16.1. The Morgan fingerprint density at radius 1 is 0.457 bits per heavy atom. The standard InChI is InChI=1S/C34H36O/c1-23(35)24-8-10-25(11-9-24)28-20-29(26-12-16-31(17-13-26)33(2,3)4)22-30(21-28)27-14-18-32(19-15-27)34(5,6)7/h8-22H,1-7H3. The average Bonchev–Trinajstić information content (AvgIpc) is 2.83. The highest BCUT2D eigenvalue weighted by molar-refractivity contribution is 5.94. The maximum Gasteiger partial charge on any atom is 0.159 e. The molecule has 1 heteroatoms. The van der Waals surface area contributed by atoms with E-state index in [0.29, 0.717) is 0 Å². The van der Waals surface area contributed by atoms with Crippen LogP contribution in [0.2, 0.25) is 0 Å². The number of hydrogen-bond acceptors (Lipinski definition) is 1. The Hall–Kier alpha value is -3.45. The summed E-state index contributed by atoms with van der Waals surface area (Å²) in [6.07, 6.45) is 0. The van der Waals surface area contributed by atoms with E-state index in [1.54, 1.807) is 6.92 Å². The summed E-state index contributed by atoms with van der Waals surface area (Å²) in [6, 6.07) is 32.6. The SMILES string of the molecule is CC(=O)c1ccc(-c2cc(-c3ccc(C(C)(C)C)cc3)cc(-c3ccc(C(C)(C)C)cc3)c2)cc1. The van der Waals surface area contributed by atoms with Crippen LogP contribution in [0.4, 0.5) is 0 Å². The lowest BCUT2D eigenvalue weighted by atomic mass is 9.85. The van der Waals surface area contributed by atoms with Crippen molar-refractivity contribution in [3.8, 4) is 33.4 Å². The number of hydrogen-bond donors (Lipinski definition) is 0. The molecular weight excluding hydrogens is 424 g/mol. The molecule has 0 bridgehead atoms. The van der Waals surface area contributed by atoms with Gasteiger partial charge in [0, 0.05) is 5.56 Å². The van der Waals surface area contributed by atoms with Gasteiger partial charge in [0.2, 0.25) is 0 Å². The van der Waals surface area contributed by atoms with Gasteiger partial charge >= 0.3 is 0 Å². The van der Waals surface area contributed by atoms with E-state index in [2.05, 4.69) is 108 Å². The summed E-state index contributed by atoms with van der Waals surface area (Å²) in [5.74, 6) is 0.0869. The first-order chi connectivity index (χ1) is 16.4. The van der Waals surface area contributed by atoms with Crippen LogP contribution in [0, 0.1) is 0 Å². The number of carbonyl (C=O) groups excluding carboxylic acids is 1. The molecule has 35 heavy (non-hydrogen) atoms. The highest BCUT2D eigenvalue weighted by Gasteiger charge is 2.15. The van der Waals surface area contributed by atoms with E-state index in [1.807, 2.05) is 24.3 Å². The summed E-state index contributed by atoms with van der Waals surface area (Å²) in [7, 11) is 0. The van der Waals surface area contributed by atoms with Gasteiger partial charge in [-0.15, -0.1) is 0 Å². The molecule has 4 aromatic carbocycles. The van der Waals surface area contributed by atoms with Gasteiger partial charge in [-0.1, -0.05) is 114 Å². The first kappa shape index (κ1) is 24.7. The number of Topliss-reactive ketones (excluding diaryl/α,β-unsaturated/α-hetero) is 1. The third-order valence-corrected chi connectivity index (χ3v) is 6.73. The zero-order valence-corrected chi connectivity index (χ0v) is 22.1. The molecule has 0 spiro atoms. The lowest BCUT2D eigenvalue weighted by Crippen LogP contribution is -2.10. The minimum atomic E-state index is 0.0869. The Balaban J connectivity index is 1.83. The predicted molar refractivity (Wildman–Crippen MR) is 150 cm³/mol. The average molecular weight is 461 g/mol. The van der Waals surface area contributed by atoms with E-state index in [-0.39, 0.29) is 16.6 Å². The van der Waals surface area contributed by atoms with Crippen molar-refractivity contribution in [2.24, 2.45) is 0 Å². The quantitative estimate of drug-likeness (QED) is 0.277. The van der Waals surface area contributed by atoms with Crippen molar-refractivity contribution in [1.29, 1.82) is 0 Å². The van der Waals surface area contributed by atoms with Gasteiger partial charge in [-0.05, 0) is 80.5 Å². The van der Waals surface area contributed by atoms with Crippen LogP contribution in [0.3, 0.4) is 0 Å². The molecule has 178 valence electrons. The molecule has 0 aliphatic carbocycles. The minimum absolute atomic E-state index is 0.0869. The van der Waals surface area contributed by atoms with E-state index < -0.39 is 0 Å². The Bertz CT molecular complexity index is 1250. The van der Waals surface area contributed by atoms with Gasteiger partial charge in [0.25, 0.3) is 0 Å². The largest absolute Gasteiger partial charge is 0.295 e. The molecular formula is C34H36O. The molecule has 0 aliphatic rings. The van der Waals surface area contributed by atoms with Crippen LogP contribution in [0.5, 0.6) is 0 Å². The van der Waals surface area contributed by atoms with E-state index in [1.165, 1.54) is 33.4 Å². The van der Waals surface area contributed by atoms with Crippen molar-refractivity contribution < 1.29 is 4.79 Å². The molecule has 0 unspecified atom stereocenters. The number of rotatable bonds is 4. The van der Waals surface area contributed by atoms with Crippen LogP contribution < -0.4 is 0 Å². The molecule has 0 saturated carbocycles. The second-order valence-electron chi connectivity index (χ2n) is 11.6. The Morgan fingerprint density at radius 3 is 1.00 bits per heavy atom. The molecule has 0 amide bonds. The zero-order chi connectivity index (χ0) is 25.4. The Morgan fingerprint density at radius 2 is 0.743 bits per heavy atom. The van der Waals surface area contributed by atoms with Crippen molar-refractivity contribution in [2.75, 3.05) is 0 Å². The molecule has 0 N–H and O–H groups in total. The first-order valence-electron chi connectivity index (χ1n) is 12.4. The van der Waals surface area contributed by atoms with E-state index in [0.717, 1.165) is 16.7 Å². The van der Waals surface area contributed by atoms with Gasteiger partial charge < -0.3 is 0 Å². The van der Waals surface area contributed by atoms with Crippen LogP contribution in [0.25, 0.3) is 33.4 Å². The number of ketones is 1. The van der Waals surface area contributed by atoms with Crippen LogP contribution in [-0.4, -0.2) is 5.78 Å². The van der Waals surface area contributed by atoms with Crippen LogP contribution in [0.1, 0.15) is 70.0 Å². The molecule has 4 aromatic rings. The normalized spacial score (nSPS) is 12.0. The van der Waals surface area contributed by atoms with Crippen molar-refractivity contribution in [3.63, 3.8) is 0 Å². The maximum atomic E-state index is 11.8. The molecule has 1 nitrogen and oxygen atoms in total. The third kappa shape index (κ3) is 5.62. The fourth-order valence-electron chi connectivity index (χ4n) is 4.35. The van der Waals surface area contributed by atoms with E-state index in [4.69, 9.17) is 0 Å². The monoisotopic (exact) mass is 460 g/mol. The zero-order valence-electron chi connectivity index (χ0n) is 22.1. The van der Waals surface area contributed by atoms with E-state index >= 15 is 0 Å². The third-order valence-electron chi connectivity index (χ3n) is 6.73. The lowest BCUT2D eigenvalue weighted by Gasteiger charge is -2.20. The minimum Gasteiger partial charge on any atom is -0.295 e. The molecule has 0 aliphatic heterocycles. The molecule has 0 fully saturated rings. The summed E-state index contributed by atoms with van der Waals surface area (Å²) in [6.45, 7) is 15.1. The highest BCUT2D eigenvalue weighted by Crippen LogP contribution is 2.35. The van der Waals surface area contributed by atoms with Crippen LogP contribution in [-0.2, 0) is 10.8 Å². The van der Waals surface area contributed by atoms with Crippen LogP contribution in [0.15, 0.2) is 91.0 Å². The second-order valence-corrected chi connectivity index (χ2v) is 11.6. The molecule has 0 radical (unpaired) electrons. The van der Waals surface area contributed by atoms with Crippen molar-refractivity contribution in [3.05, 3.63) is 108 Å². The van der Waals surface area contributed by atoms with Gasteiger partial charge in [-0.3, -0.25) is 4.79 Å². The predicted octanol–water partition coefficient (Wildman–Crippen LogP) is 9.49. The molecule has 0 atom stereocenters. The number of benzene rings is 4. The molecule has 0 saturated heterocycles. The fourth-order valence-corrected chi connectivity index (χ4v) is 4.35. The molecule has 4 rings (SSSR count). The van der Waals surface area contributed by atoms with E-state index in [9.17, 15) is 4.79 Å². The lowest BCUT2D eigenvalue weighted by molar-refractivity contribution is 0.101. The molecule has 0 heterocycles. The van der Waals surface area contributed by atoms with Crippen LogP contribution >= 0.6 is 0 Å². The van der Waals surface area contributed by atoms with Gasteiger partial charge in [-0.25, -0.2) is 0 Å². The van der Waals surface area contributed by atoms with Crippen molar-refractivity contribution in [2.45, 2.75) is 59.3 Å². The van der Waals surface area contributed by atoms with Crippen molar-refractivity contribution >= 4 is 5.78 Å². The number of carbonyl (C=O) groups is 1. The summed E-state index contributed by atoms with van der Waals surface area (Å²) in [4.78, 5) is 11.8. The van der Waals surface area contributed by atoms with Gasteiger partial charge in [0.15, 0.2) is 5.78 Å². The topological polar surface area (TPSA) is 17.1 Å². The summed E-state index contributed by atoms with van der Waals surface area (Å²) >= 11 is 0. The summed E-state index contributed by atoms with van der Waals surface area (Å²) < 4.78 is 0. The first-order valence-corrected chi connectivity index (χ1v) is 12.4. The fraction of sp³-hybridized carbons (Fsp3) is 0.265. The van der Waals surface area contributed by atoms with Crippen molar-refractivity contribution in [1.82, 2.24) is 0 Å².